The van der Waals surface area contributed by atoms with E-state index in [0.717, 1.165) is 34.1 Å². The van der Waals surface area contributed by atoms with Gasteiger partial charge in [0.05, 0.1) is 0 Å². The predicted molar refractivity (Wildman–Crippen MR) is 120 cm³/mol. The van der Waals surface area contributed by atoms with Gasteiger partial charge in [0.15, 0.2) is 11.5 Å². The molecule has 170 valence electrons. The van der Waals surface area contributed by atoms with Gasteiger partial charge in [-0.25, -0.2) is 4.79 Å². The Morgan fingerprint density at radius 2 is 1.88 bits per heavy atom. The molecule has 0 saturated carbocycles. The second-order valence-electron chi connectivity index (χ2n) is 8.76. The third-order valence-electron chi connectivity index (χ3n) is 6.89. The first kappa shape index (κ1) is 20.1. The van der Waals surface area contributed by atoms with Crippen LogP contribution in [0.15, 0.2) is 42.5 Å². The molecule has 33 heavy (non-hydrogen) atoms. The number of aromatic amines is 1. The molecule has 2 aromatic carbocycles. The molecule has 0 unspecified atom stereocenters. The minimum absolute atomic E-state index is 0.116. The number of rotatable bonds is 6. The quantitative estimate of drug-likeness (QED) is 0.446. The van der Waals surface area contributed by atoms with Crippen molar-refractivity contribution in [2.75, 3.05) is 19.9 Å². The van der Waals surface area contributed by atoms with Gasteiger partial charge in [0.1, 0.15) is 12.1 Å². The first-order valence-corrected chi connectivity index (χ1v) is 11.4. The summed E-state index contributed by atoms with van der Waals surface area (Å²) in [7, 11) is 0. The average Bonchev–Trinajstić information content (AvgIpc) is 3.51. The monoisotopic (exact) mass is 447 g/mol. The summed E-state index contributed by atoms with van der Waals surface area (Å²) in [5.74, 6) is 1.18. The average molecular weight is 447 g/mol. The van der Waals surface area contributed by atoms with Gasteiger partial charge < -0.3 is 19.6 Å². The lowest BCUT2D eigenvalue weighted by Gasteiger charge is -2.36. The second-order valence-corrected chi connectivity index (χ2v) is 8.76. The van der Waals surface area contributed by atoms with Crippen LogP contribution in [0.1, 0.15) is 42.1 Å². The number of imide groups is 1. The van der Waals surface area contributed by atoms with Crippen LogP contribution in [0.5, 0.6) is 11.5 Å². The molecule has 0 spiro atoms. The molecular formula is C25H25N3O5. The van der Waals surface area contributed by atoms with Gasteiger partial charge in [-0.05, 0) is 48.6 Å². The number of ether oxygens (including phenoxy) is 2. The maximum Gasteiger partial charge on any atom is 0.328 e. The van der Waals surface area contributed by atoms with E-state index in [4.69, 9.17) is 14.6 Å². The topological polar surface area (TPSA) is 95.1 Å². The molecule has 0 bridgehead atoms. The van der Waals surface area contributed by atoms with Crippen LogP contribution < -0.4 is 9.47 Å². The minimum Gasteiger partial charge on any atom is -0.454 e. The highest BCUT2D eigenvalue weighted by Gasteiger charge is 2.52. The Morgan fingerprint density at radius 3 is 2.76 bits per heavy atom. The number of para-hydroxylation sites is 1. The van der Waals surface area contributed by atoms with E-state index in [1.807, 2.05) is 36.4 Å². The summed E-state index contributed by atoms with van der Waals surface area (Å²) in [4.78, 5) is 33.6. The molecule has 3 aliphatic rings. The fraction of sp³-hybridized carbons (Fsp3) is 0.360. The van der Waals surface area contributed by atoms with Gasteiger partial charge in [0, 0.05) is 36.2 Å². The molecule has 3 aliphatic heterocycles. The minimum atomic E-state index is -0.544. The van der Waals surface area contributed by atoms with Crippen molar-refractivity contribution in [3.63, 3.8) is 0 Å². The Kier molecular flexibility index (Phi) is 4.76. The van der Waals surface area contributed by atoms with Gasteiger partial charge in [-0.15, -0.1) is 0 Å². The molecular weight excluding hydrogens is 422 g/mol. The predicted octanol–water partition coefficient (Wildman–Crippen LogP) is 3.34. The highest BCUT2D eigenvalue weighted by atomic mass is 16.7. The summed E-state index contributed by atoms with van der Waals surface area (Å²) in [6, 6.07) is 12.5. The Balaban J connectivity index is 1.44. The number of unbranched alkanes of at least 4 members (excludes halogenated alkanes) is 2. The smallest absolute Gasteiger partial charge is 0.328 e. The lowest BCUT2D eigenvalue weighted by Crippen LogP contribution is -2.44. The van der Waals surface area contributed by atoms with Crippen molar-refractivity contribution in [3.8, 4) is 11.5 Å². The molecule has 3 amide bonds. The molecule has 2 atom stereocenters. The van der Waals surface area contributed by atoms with Crippen molar-refractivity contribution in [1.82, 2.24) is 14.8 Å². The van der Waals surface area contributed by atoms with E-state index in [0.29, 0.717) is 37.3 Å². The largest absolute Gasteiger partial charge is 0.454 e. The van der Waals surface area contributed by atoms with E-state index in [-0.39, 0.29) is 25.3 Å². The summed E-state index contributed by atoms with van der Waals surface area (Å²) in [5, 5.41) is 10.1. The number of benzene rings is 2. The number of aromatic nitrogens is 1. The van der Waals surface area contributed by atoms with Crippen molar-refractivity contribution < 1.29 is 24.2 Å². The molecule has 3 aromatic rings. The van der Waals surface area contributed by atoms with E-state index in [1.165, 1.54) is 4.90 Å². The molecule has 1 aromatic heterocycles. The van der Waals surface area contributed by atoms with Crippen molar-refractivity contribution >= 4 is 22.8 Å². The van der Waals surface area contributed by atoms with Crippen LogP contribution >= 0.6 is 0 Å². The highest BCUT2D eigenvalue weighted by Crippen LogP contribution is 2.46. The third kappa shape index (κ3) is 3.08. The summed E-state index contributed by atoms with van der Waals surface area (Å²) in [5.41, 5.74) is 3.89. The Labute approximate surface area is 190 Å². The first-order chi connectivity index (χ1) is 16.2. The first-order valence-electron chi connectivity index (χ1n) is 11.4. The SMILES string of the molecule is O=C1[C@@H]2Cc3c([nH]c4ccccc34)[C@@H](c3ccc4c(c3)OCO4)N2C(=O)N1CCCCCO. The van der Waals surface area contributed by atoms with E-state index in [1.54, 1.807) is 4.90 Å². The number of H-pyrrole nitrogens is 1. The number of nitrogens with zero attached hydrogens (tertiary/aromatic N) is 2. The number of amides is 3. The number of nitrogens with one attached hydrogen (secondary N) is 1. The Hall–Kier alpha value is -3.52. The number of carbonyl (C=O) groups excluding carboxylic acids is 2. The molecule has 2 N–H and O–H groups in total. The molecule has 6 rings (SSSR count). The number of fused-ring (bicyclic) bond motifs is 5. The van der Waals surface area contributed by atoms with Crippen LogP contribution in [-0.2, 0) is 11.2 Å². The van der Waals surface area contributed by atoms with Crippen LogP contribution in [-0.4, -0.2) is 57.8 Å². The van der Waals surface area contributed by atoms with Crippen LogP contribution in [0.3, 0.4) is 0 Å². The maximum atomic E-state index is 13.6. The summed E-state index contributed by atoms with van der Waals surface area (Å²) in [6.07, 6.45) is 2.60. The third-order valence-corrected chi connectivity index (χ3v) is 6.89. The molecule has 8 nitrogen and oxygen atoms in total. The van der Waals surface area contributed by atoms with Gasteiger partial charge in [0.25, 0.3) is 5.91 Å². The van der Waals surface area contributed by atoms with E-state index in [2.05, 4.69) is 11.1 Å². The molecule has 1 fully saturated rings. The zero-order valence-corrected chi connectivity index (χ0v) is 18.1. The number of aliphatic hydroxyl groups excluding tert-OH is 1. The maximum absolute atomic E-state index is 13.6. The molecule has 0 aliphatic carbocycles. The zero-order chi connectivity index (χ0) is 22.5. The van der Waals surface area contributed by atoms with Gasteiger partial charge in [-0.1, -0.05) is 24.3 Å². The fourth-order valence-corrected chi connectivity index (χ4v) is 5.32. The van der Waals surface area contributed by atoms with Crippen LogP contribution in [0, 0.1) is 0 Å². The van der Waals surface area contributed by atoms with Crippen molar-refractivity contribution in [3.05, 3.63) is 59.3 Å². The summed E-state index contributed by atoms with van der Waals surface area (Å²) < 4.78 is 11.1. The lowest BCUT2D eigenvalue weighted by atomic mass is 9.88. The zero-order valence-electron chi connectivity index (χ0n) is 18.1. The Morgan fingerprint density at radius 1 is 1.03 bits per heavy atom. The lowest BCUT2D eigenvalue weighted by molar-refractivity contribution is -0.128. The van der Waals surface area contributed by atoms with Crippen molar-refractivity contribution in [1.29, 1.82) is 0 Å². The normalized spacial score (nSPS) is 21.1. The molecule has 4 heterocycles. The van der Waals surface area contributed by atoms with E-state index in [9.17, 15) is 9.59 Å². The van der Waals surface area contributed by atoms with Crippen molar-refractivity contribution in [2.45, 2.75) is 37.8 Å². The fourth-order valence-electron chi connectivity index (χ4n) is 5.32. The van der Waals surface area contributed by atoms with Gasteiger partial charge in [0.2, 0.25) is 6.79 Å². The number of urea groups is 1. The second kappa shape index (κ2) is 7.81. The van der Waals surface area contributed by atoms with Crippen LogP contribution in [0.2, 0.25) is 0 Å². The van der Waals surface area contributed by atoms with Gasteiger partial charge >= 0.3 is 6.03 Å². The highest BCUT2D eigenvalue weighted by molar-refractivity contribution is 6.05. The van der Waals surface area contributed by atoms with E-state index >= 15 is 0 Å². The van der Waals surface area contributed by atoms with Gasteiger partial charge in [-0.2, -0.15) is 0 Å². The summed E-state index contributed by atoms with van der Waals surface area (Å²) >= 11 is 0. The number of hydrogen-bond donors (Lipinski definition) is 2. The molecule has 8 heteroatoms. The van der Waals surface area contributed by atoms with Crippen LogP contribution in [0.4, 0.5) is 4.79 Å². The van der Waals surface area contributed by atoms with Gasteiger partial charge in [-0.3, -0.25) is 14.6 Å². The number of hydrogen-bond acceptors (Lipinski definition) is 5. The number of carbonyl (C=O) groups is 2. The van der Waals surface area contributed by atoms with Crippen molar-refractivity contribution in [2.24, 2.45) is 0 Å². The summed E-state index contributed by atoms with van der Waals surface area (Å²) in [6.45, 7) is 0.657. The molecule has 0 radical (unpaired) electrons. The Bertz CT molecular complexity index is 1250. The van der Waals surface area contributed by atoms with Crippen LogP contribution in [0.25, 0.3) is 10.9 Å². The standard InChI is InChI=1S/C25H25N3O5/c29-11-5-1-4-10-27-24(30)19-13-17-16-6-2-3-7-18(16)26-22(17)23(28(19)25(27)31)15-8-9-20-21(12-15)33-14-32-20/h2-3,6-9,12,19,23,26,29H,1,4-5,10-11,13-14H2/t19-,23+/m0/s1. The van der Waals surface area contributed by atoms with E-state index < -0.39 is 12.1 Å². The number of aliphatic hydroxyl groups is 1. The molecule has 1 saturated heterocycles.